The maximum atomic E-state index is 11.6. The van der Waals surface area contributed by atoms with Crippen molar-refractivity contribution in [3.63, 3.8) is 0 Å². The number of aryl methyl sites for hydroxylation is 1. The average Bonchev–Trinajstić information content (AvgIpc) is 2.83. The van der Waals surface area contributed by atoms with Crippen molar-refractivity contribution in [1.29, 1.82) is 0 Å². The van der Waals surface area contributed by atoms with Crippen LogP contribution in [-0.4, -0.2) is 14.7 Å². The van der Waals surface area contributed by atoms with Crippen molar-refractivity contribution < 1.29 is 13.2 Å². The highest BCUT2D eigenvalue weighted by molar-refractivity contribution is 7.92. The molecule has 1 heterocycles. The molecule has 3 aromatic carbocycles. The smallest absolute Gasteiger partial charge is 0.229 e. The van der Waals surface area contributed by atoms with Gasteiger partial charge in [0.05, 0.1) is 6.26 Å². The SMILES string of the molecule is C/C(=C1/c2ccccc2COc2cc(C)ccc21)c1cccc(NS(C)(=O)=O)c1. The average molecular weight is 406 g/mol. The Hall–Kier alpha value is -3.05. The van der Waals surface area contributed by atoms with Crippen LogP contribution in [0.4, 0.5) is 5.69 Å². The zero-order valence-electron chi connectivity index (χ0n) is 16.7. The minimum Gasteiger partial charge on any atom is -0.488 e. The van der Waals surface area contributed by atoms with Crippen molar-refractivity contribution in [2.24, 2.45) is 0 Å². The van der Waals surface area contributed by atoms with Crippen LogP contribution in [0.1, 0.15) is 34.7 Å². The van der Waals surface area contributed by atoms with Crippen LogP contribution in [0, 0.1) is 6.92 Å². The van der Waals surface area contributed by atoms with Gasteiger partial charge in [0.25, 0.3) is 0 Å². The van der Waals surface area contributed by atoms with Gasteiger partial charge >= 0.3 is 0 Å². The normalized spacial score (nSPS) is 14.9. The van der Waals surface area contributed by atoms with Gasteiger partial charge in [0.1, 0.15) is 12.4 Å². The molecule has 0 saturated carbocycles. The van der Waals surface area contributed by atoms with Gasteiger partial charge in [0.15, 0.2) is 0 Å². The molecule has 5 heteroatoms. The fraction of sp³-hybridized carbons (Fsp3) is 0.167. The highest BCUT2D eigenvalue weighted by Gasteiger charge is 2.21. The van der Waals surface area contributed by atoms with Gasteiger partial charge < -0.3 is 4.74 Å². The third-order valence-corrected chi connectivity index (χ3v) is 5.66. The van der Waals surface area contributed by atoms with E-state index >= 15 is 0 Å². The first-order chi connectivity index (χ1) is 13.8. The van der Waals surface area contributed by atoms with Crippen LogP contribution >= 0.6 is 0 Å². The lowest BCUT2D eigenvalue weighted by Gasteiger charge is -2.16. The molecule has 3 aromatic rings. The largest absolute Gasteiger partial charge is 0.488 e. The van der Waals surface area contributed by atoms with E-state index in [-0.39, 0.29) is 0 Å². The third-order valence-electron chi connectivity index (χ3n) is 5.05. The molecule has 4 nitrogen and oxygen atoms in total. The second kappa shape index (κ2) is 7.41. The Morgan fingerprint density at radius 2 is 1.76 bits per heavy atom. The second-order valence-corrected chi connectivity index (χ2v) is 9.15. The highest BCUT2D eigenvalue weighted by atomic mass is 32.2. The quantitative estimate of drug-likeness (QED) is 0.648. The first-order valence-electron chi connectivity index (χ1n) is 9.43. The Bertz CT molecular complexity index is 1230. The van der Waals surface area contributed by atoms with Crippen LogP contribution in [0.3, 0.4) is 0 Å². The Labute approximate surface area is 171 Å². The molecule has 0 atom stereocenters. The maximum Gasteiger partial charge on any atom is 0.229 e. The minimum atomic E-state index is -3.34. The van der Waals surface area contributed by atoms with Crippen molar-refractivity contribution in [1.82, 2.24) is 0 Å². The van der Waals surface area contributed by atoms with E-state index in [1.54, 1.807) is 6.07 Å². The molecule has 0 aromatic heterocycles. The predicted molar refractivity (Wildman–Crippen MR) is 118 cm³/mol. The number of ether oxygens (including phenoxy) is 1. The van der Waals surface area contributed by atoms with Crippen molar-refractivity contribution in [3.8, 4) is 5.75 Å². The number of hydrogen-bond acceptors (Lipinski definition) is 3. The Morgan fingerprint density at radius 3 is 2.55 bits per heavy atom. The van der Waals surface area contributed by atoms with Gasteiger partial charge in [-0.3, -0.25) is 4.72 Å². The van der Waals surface area contributed by atoms with Crippen LogP contribution < -0.4 is 9.46 Å². The Kier molecular flexibility index (Phi) is 4.92. The van der Waals surface area contributed by atoms with Crippen molar-refractivity contribution >= 4 is 26.9 Å². The highest BCUT2D eigenvalue weighted by Crippen LogP contribution is 2.41. The van der Waals surface area contributed by atoms with E-state index in [9.17, 15) is 8.42 Å². The van der Waals surface area contributed by atoms with Gasteiger partial charge in [-0.1, -0.05) is 48.5 Å². The van der Waals surface area contributed by atoms with Gasteiger partial charge in [0, 0.05) is 11.3 Å². The Morgan fingerprint density at radius 1 is 0.966 bits per heavy atom. The van der Waals surface area contributed by atoms with E-state index in [0.717, 1.165) is 51.0 Å². The third kappa shape index (κ3) is 4.05. The van der Waals surface area contributed by atoms with Crippen LogP contribution in [0.15, 0.2) is 66.7 Å². The molecule has 0 bridgehead atoms. The van der Waals surface area contributed by atoms with E-state index in [0.29, 0.717) is 12.3 Å². The number of fused-ring (bicyclic) bond motifs is 2. The first-order valence-corrected chi connectivity index (χ1v) is 11.3. The number of benzene rings is 3. The summed E-state index contributed by atoms with van der Waals surface area (Å²) >= 11 is 0. The van der Waals surface area contributed by atoms with Crippen LogP contribution in [0.2, 0.25) is 0 Å². The lowest BCUT2D eigenvalue weighted by atomic mass is 9.88. The molecule has 0 unspecified atom stereocenters. The fourth-order valence-electron chi connectivity index (χ4n) is 3.72. The monoisotopic (exact) mass is 405 g/mol. The summed E-state index contributed by atoms with van der Waals surface area (Å²) in [4.78, 5) is 0. The summed E-state index contributed by atoms with van der Waals surface area (Å²) in [5.41, 5.74) is 8.11. The van der Waals surface area contributed by atoms with E-state index in [4.69, 9.17) is 4.74 Å². The number of hydrogen-bond donors (Lipinski definition) is 1. The summed E-state index contributed by atoms with van der Waals surface area (Å²) in [6.07, 6.45) is 1.16. The summed E-state index contributed by atoms with van der Waals surface area (Å²) in [5.74, 6) is 0.862. The van der Waals surface area contributed by atoms with Crippen LogP contribution in [0.5, 0.6) is 5.75 Å². The summed E-state index contributed by atoms with van der Waals surface area (Å²) in [6, 6.07) is 22.0. The molecular formula is C24H23NO3S. The molecule has 1 aliphatic rings. The lowest BCUT2D eigenvalue weighted by Crippen LogP contribution is -2.09. The molecule has 0 amide bonds. The van der Waals surface area contributed by atoms with Gasteiger partial charge in [-0.25, -0.2) is 8.42 Å². The number of nitrogens with one attached hydrogen (secondary N) is 1. The van der Waals surface area contributed by atoms with E-state index in [1.807, 2.05) is 30.3 Å². The molecule has 0 radical (unpaired) electrons. The summed E-state index contributed by atoms with van der Waals surface area (Å²) in [5, 5.41) is 0. The van der Waals surface area contributed by atoms with Gasteiger partial charge in [0.2, 0.25) is 10.0 Å². The summed E-state index contributed by atoms with van der Waals surface area (Å²) in [6.45, 7) is 4.64. The number of allylic oxidation sites excluding steroid dienone is 1. The molecule has 0 saturated heterocycles. The minimum absolute atomic E-state index is 0.513. The van der Waals surface area contributed by atoms with Crippen LogP contribution in [-0.2, 0) is 16.6 Å². The van der Waals surface area contributed by atoms with Crippen molar-refractivity contribution in [2.45, 2.75) is 20.5 Å². The number of sulfonamides is 1. The van der Waals surface area contributed by atoms with E-state index in [2.05, 4.69) is 48.9 Å². The molecule has 0 spiro atoms. The number of anilines is 1. The summed E-state index contributed by atoms with van der Waals surface area (Å²) in [7, 11) is -3.34. The van der Waals surface area contributed by atoms with E-state index in [1.165, 1.54) is 0 Å². The first kappa shape index (κ1) is 19.3. The zero-order chi connectivity index (χ0) is 20.6. The molecule has 0 aliphatic carbocycles. The molecule has 148 valence electrons. The molecule has 1 N–H and O–H groups in total. The molecular weight excluding hydrogens is 382 g/mol. The topological polar surface area (TPSA) is 55.4 Å². The molecule has 29 heavy (non-hydrogen) atoms. The molecule has 0 fully saturated rings. The van der Waals surface area contributed by atoms with E-state index < -0.39 is 10.0 Å². The van der Waals surface area contributed by atoms with Gasteiger partial charge in [-0.2, -0.15) is 0 Å². The van der Waals surface area contributed by atoms with Crippen LogP contribution in [0.25, 0.3) is 11.1 Å². The molecule has 1 aliphatic heterocycles. The maximum absolute atomic E-state index is 11.6. The van der Waals surface area contributed by atoms with Crippen molar-refractivity contribution in [3.05, 3.63) is 94.5 Å². The Balaban J connectivity index is 1.95. The molecule has 4 rings (SSSR count). The standard InChI is InChI=1S/C24H23NO3S/c1-16-11-12-22-23(13-16)28-15-19-7-4-5-10-21(19)24(22)17(2)18-8-6-9-20(14-18)25-29(3,26)27/h4-14,25H,15H2,1-3H3/b24-17+. The summed E-state index contributed by atoms with van der Waals surface area (Å²) < 4.78 is 32.0. The zero-order valence-corrected chi connectivity index (χ0v) is 17.5. The lowest BCUT2D eigenvalue weighted by molar-refractivity contribution is 0.307. The van der Waals surface area contributed by atoms with Gasteiger partial charge in [-0.05, 0) is 65.4 Å². The second-order valence-electron chi connectivity index (χ2n) is 7.40. The predicted octanol–water partition coefficient (Wildman–Crippen LogP) is 5.24. The van der Waals surface area contributed by atoms with Gasteiger partial charge in [-0.15, -0.1) is 0 Å². The number of rotatable bonds is 3. The van der Waals surface area contributed by atoms with Crippen molar-refractivity contribution in [2.75, 3.05) is 11.0 Å². The fourth-order valence-corrected chi connectivity index (χ4v) is 4.28.